The molecule has 104 valence electrons. The largest absolute Gasteiger partial charge is 0.419 e. The first-order valence-corrected chi connectivity index (χ1v) is 7.22. The predicted molar refractivity (Wildman–Crippen MR) is 71.5 cm³/mol. The second-order valence-corrected chi connectivity index (χ2v) is 7.09. The zero-order chi connectivity index (χ0) is 14.4. The Hall–Kier alpha value is -1.60. The summed E-state index contributed by atoms with van der Waals surface area (Å²) < 4.78 is 33.1. The Bertz CT molecular complexity index is 778. The lowest BCUT2D eigenvalue weighted by molar-refractivity contribution is 0.491. The molecule has 0 atom stereocenters. The van der Waals surface area contributed by atoms with Crippen LogP contribution in [0.5, 0.6) is 0 Å². The zero-order valence-electron chi connectivity index (χ0n) is 11.2. The minimum atomic E-state index is -3.63. The number of hydrogen-bond donors (Lipinski definition) is 1. The van der Waals surface area contributed by atoms with E-state index in [0.29, 0.717) is 5.52 Å². The molecule has 6 nitrogen and oxygen atoms in total. The van der Waals surface area contributed by atoms with Gasteiger partial charge < -0.3 is 4.42 Å². The molecular weight excluding hydrogens is 268 g/mol. The van der Waals surface area contributed by atoms with Crippen LogP contribution in [-0.4, -0.2) is 18.5 Å². The Morgan fingerprint density at radius 2 is 1.89 bits per heavy atom. The number of nitrogens with one attached hydrogen (secondary N) is 1. The number of aromatic nitrogens is 1. The van der Waals surface area contributed by atoms with Gasteiger partial charge in [0.05, 0.1) is 10.4 Å². The van der Waals surface area contributed by atoms with Gasteiger partial charge in [-0.25, -0.2) is 17.9 Å². The van der Waals surface area contributed by atoms with Crippen LogP contribution in [0.3, 0.4) is 0 Å². The van der Waals surface area contributed by atoms with Crippen molar-refractivity contribution >= 4 is 21.1 Å². The van der Waals surface area contributed by atoms with Gasteiger partial charge >= 0.3 is 5.76 Å². The molecule has 0 aliphatic heterocycles. The third-order valence-corrected chi connectivity index (χ3v) is 4.27. The Labute approximate surface area is 111 Å². The van der Waals surface area contributed by atoms with Crippen LogP contribution in [0.1, 0.15) is 20.8 Å². The van der Waals surface area contributed by atoms with Gasteiger partial charge in [-0.3, -0.25) is 4.57 Å². The molecule has 0 aliphatic carbocycles. The van der Waals surface area contributed by atoms with Gasteiger partial charge in [0.15, 0.2) is 5.58 Å². The first kappa shape index (κ1) is 13.8. The van der Waals surface area contributed by atoms with E-state index in [-0.39, 0.29) is 10.5 Å². The van der Waals surface area contributed by atoms with Crippen LogP contribution in [0.2, 0.25) is 0 Å². The quantitative estimate of drug-likeness (QED) is 0.898. The summed E-state index contributed by atoms with van der Waals surface area (Å²) in [6.45, 7) is 5.27. The maximum atomic E-state index is 12.1. The standard InChI is InChI=1S/C12H16N2O4S/c1-12(2,3)13-19(16,17)8-5-6-9-10(7-8)18-11(15)14(9)4/h5-7,13H,1-4H3. The highest BCUT2D eigenvalue weighted by Gasteiger charge is 2.22. The SMILES string of the molecule is Cn1c(=O)oc2cc(S(=O)(=O)NC(C)(C)C)ccc21. The second-order valence-electron chi connectivity index (χ2n) is 5.41. The molecule has 0 aliphatic rings. The van der Waals surface area contributed by atoms with Gasteiger partial charge in [0.1, 0.15) is 0 Å². The number of oxazole rings is 1. The van der Waals surface area contributed by atoms with Crippen molar-refractivity contribution in [3.05, 3.63) is 28.7 Å². The molecule has 1 aromatic heterocycles. The molecule has 0 spiro atoms. The second kappa shape index (κ2) is 4.21. The van der Waals surface area contributed by atoms with E-state index in [4.69, 9.17) is 4.42 Å². The summed E-state index contributed by atoms with van der Waals surface area (Å²) in [7, 11) is -2.07. The van der Waals surface area contributed by atoms with Crippen LogP contribution in [0.25, 0.3) is 11.1 Å². The molecule has 1 heterocycles. The fourth-order valence-electron chi connectivity index (χ4n) is 1.74. The van der Waals surface area contributed by atoms with Crippen molar-refractivity contribution in [2.45, 2.75) is 31.2 Å². The molecule has 0 radical (unpaired) electrons. The topological polar surface area (TPSA) is 81.3 Å². The van der Waals surface area contributed by atoms with Gasteiger partial charge in [-0.1, -0.05) is 0 Å². The Morgan fingerprint density at radius 3 is 2.47 bits per heavy atom. The molecule has 0 amide bonds. The molecule has 2 aromatic rings. The van der Waals surface area contributed by atoms with Crippen LogP contribution in [-0.2, 0) is 17.1 Å². The number of sulfonamides is 1. The first-order chi connectivity index (χ1) is 8.60. The van der Waals surface area contributed by atoms with E-state index >= 15 is 0 Å². The van der Waals surface area contributed by atoms with Crippen LogP contribution < -0.4 is 10.5 Å². The van der Waals surface area contributed by atoms with Crippen molar-refractivity contribution in [1.29, 1.82) is 0 Å². The zero-order valence-corrected chi connectivity index (χ0v) is 12.0. The lowest BCUT2D eigenvalue weighted by Crippen LogP contribution is -2.40. The Morgan fingerprint density at radius 1 is 1.26 bits per heavy atom. The summed E-state index contributed by atoms with van der Waals surface area (Å²) in [5.41, 5.74) is 0.231. The molecule has 0 saturated heterocycles. The molecule has 1 aromatic carbocycles. The summed E-state index contributed by atoms with van der Waals surface area (Å²) >= 11 is 0. The molecule has 0 saturated carbocycles. The summed E-state index contributed by atoms with van der Waals surface area (Å²) in [6.07, 6.45) is 0. The lowest BCUT2D eigenvalue weighted by Gasteiger charge is -2.20. The van der Waals surface area contributed by atoms with Crippen LogP contribution in [0.15, 0.2) is 32.3 Å². The first-order valence-electron chi connectivity index (χ1n) is 5.74. The Balaban J connectivity index is 2.55. The fraction of sp³-hybridized carbons (Fsp3) is 0.417. The molecule has 0 bridgehead atoms. The predicted octanol–water partition coefficient (Wildman–Crippen LogP) is 1.21. The van der Waals surface area contributed by atoms with E-state index in [2.05, 4.69) is 4.72 Å². The molecule has 2 rings (SSSR count). The summed E-state index contributed by atoms with van der Waals surface area (Å²) in [5.74, 6) is -0.520. The maximum Gasteiger partial charge on any atom is 0.419 e. The molecule has 0 fully saturated rings. The normalized spacial score (nSPS) is 13.1. The summed E-state index contributed by atoms with van der Waals surface area (Å²) in [6, 6.07) is 4.35. The van der Waals surface area contributed by atoms with E-state index in [0.717, 1.165) is 0 Å². The van der Waals surface area contributed by atoms with Gasteiger partial charge in [0.2, 0.25) is 10.0 Å². The van der Waals surface area contributed by atoms with Crippen molar-refractivity contribution in [3.63, 3.8) is 0 Å². The number of benzene rings is 1. The fourth-order valence-corrected chi connectivity index (χ4v) is 3.18. The van der Waals surface area contributed by atoms with E-state index in [1.807, 2.05) is 0 Å². The van der Waals surface area contributed by atoms with E-state index < -0.39 is 21.3 Å². The van der Waals surface area contributed by atoms with Crippen molar-refractivity contribution in [1.82, 2.24) is 9.29 Å². The van der Waals surface area contributed by atoms with Crippen LogP contribution in [0, 0.1) is 0 Å². The molecular formula is C12H16N2O4S. The minimum absolute atomic E-state index is 0.0734. The molecule has 19 heavy (non-hydrogen) atoms. The number of nitrogens with zero attached hydrogens (tertiary/aromatic N) is 1. The lowest BCUT2D eigenvalue weighted by atomic mass is 10.1. The van der Waals surface area contributed by atoms with Crippen molar-refractivity contribution in [3.8, 4) is 0 Å². The van der Waals surface area contributed by atoms with Gasteiger partial charge in [-0.15, -0.1) is 0 Å². The van der Waals surface area contributed by atoms with Gasteiger partial charge in [-0.2, -0.15) is 0 Å². The van der Waals surface area contributed by atoms with Crippen molar-refractivity contribution in [2.24, 2.45) is 7.05 Å². The highest BCUT2D eigenvalue weighted by atomic mass is 32.2. The summed E-state index contributed by atoms with van der Waals surface area (Å²) in [5, 5.41) is 0. The van der Waals surface area contributed by atoms with Gasteiger partial charge in [0.25, 0.3) is 0 Å². The number of fused-ring (bicyclic) bond motifs is 1. The third kappa shape index (κ3) is 2.71. The smallest absolute Gasteiger partial charge is 0.408 e. The van der Waals surface area contributed by atoms with Crippen LogP contribution in [0.4, 0.5) is 0 Å². The van der Waals surface area contributed by atoms with Crippen molar-refractivity contribution < 1.29 is 12.8 Å². The van der Waals surface area contributed by atoms with Gasteiger partial charge in [-0.05, 0) is 32.9 Å². The molecule has 0 unspecified atom stereocenters. The number of aryl methyl sites for hydroxylation is 1. The molecule has 1 N–H and O–H groups in total. The third-order valence-electron chi connectivity index (χ3n) is 2.51. The maximum absolute atomic E-state index is 12.1. The average Bonchev–Trinajstić information content (AvgIpc) is 2.51. The highest BCUT2D eigenvalue weighted by molar-refractivity contribution is 7.89. The van der Waals surface area contributed by atoms with Crippen molar-refractivity contribution in [2.75, 3.05) is 0 Å². The number of hydrogen-bond acceptors (Lipinski definition) is 4. The number of rotatable bonds is 2. The average molecular weight is 284 g/mol. The van der Waals surface area contributed by atoms with E-state index in [1.165, 1.54) is 16.7 Å². The van der Waals surface area contributed by atoms with E-state index in [1.54, 1.807) is 33.9 Å². The van der Waals surface area contributed by atoms with E-state index in [9.17, 15) is 13.2 Å². The molecule has 7 heteroatoms. The van der Waals surface area contributed by atoms with Gasteiger partial charge in [0, 0.05) is 18.7 Å². The highest BCUT2D eigenvalue weighted by Crippen LogP contribution is 2.19. The van der Waals surface area contributed by atoms with Crippen LogP contribution >= 0.6 is 0 Å². The Kier molecular flexibility index (Phi) is 3.06. The minimum Gasteiger partial charge on any atom is -0.408 e. The monoisotopic (exact) mass is 284 g/mol. The summed E-state index contributed by atoms with van der Waals surface area (Å²) in [4.78, 5) is 11.4.